The Morgan fingerprint density at radius 3 is 2.42 bits per heavy atom. The van der Waals surface area contributed by atoms with Gasteiger partial charge in [0, 0.05) is 18.3 Å². The zero-order valence-electron chi connectivity index (χ0n) is 14.9. The van der Waals surface area contributed by atoms with Crippen molar-refractivity contribution in [3.63, 3.8) is 0 Å². The molecule has 1 unspecified atom stereocenters. The molecule has 0 spiro atoms. The summed E-state index contributed by atoms with van der Waals surface area (Å²) in [4.78, 5) is 10.9. The highest BCUT2D eigenvalue weighted by atomic mass is 32.2. The minimum Gasteiger partial charge on any atom is -0.478 e. The molecule has 0 bridgehead atoms. The smallest absolute Gasteiger partial charge is 0.335 e. The molecule has 3 N–H and O–H groups in total. The molecule has 0 heterocycles. The molecule has 0 fully saturated rings. The molecule has 140 valence electrons. The molecule has 0 aliphatic heterocycles. The van der Waals surface area contributed by atoms with Gasteiger partial charge in [0.1, 0.15) is 0 Å². The lowest BCUT2D eigenvalue weighted by Gasteiger charge is -2.13. The van der Waals surface area contributed by atoms with Crippen LogP contribution in [0.25, 0.3) is 0 Å². The van der Waals surface area contributed by atoms with Crippen molar-refractivity contribution in [1.29, 1.82) is 0 Å². The molecule has 2 rings (SSSR count). The second-order valence-electron chi connectivity index (χ2n) is 6.24. The molecule has 0 saturated heterocycles. The SMILES string of the molecule is CCC(C)NS(=O)(=O)Cc1cccc(NCc2ccc(C(=O)O)cc2)c1. The first kappa shape index (κ1) is 19.9. The Bertz CT molecular complexity index is 848. The van der Waals surface area contributed by atoms with E-state index >= 15 is 0 Å². The number of sulfonamides is 1. The molecule has 1 atom stereocenters. The zero-order valence-corrected chi connectivity index (χ0v) is 15.7. The Morgan fingerprint density at radius 2 is 1.81 bits per heavy atom. The van der Waals surface area contributed by atoms with Gasteiger partial charge in [-0.1, -0.05) is 31.2 Å². The van der Waals surface area contributed by atoms with E-state index in [-0.39, 0.29) is 17.4 Å². The molecule has 26 heavy (non-hydrogen) atoms. The number of benzene rings is 2. The van der Waals surface area contributed by atoms with Crippen LogP contribution in [0, 0.1) is 0 Å². The maximum atomic E-state index is 12.2. The van der Waals surface area contributed by atoms with E-state index in [0.29, 0.717) is 12.1 Å². The summed E-state index contributed by atoms with van der Waals surface area (Å²) in [6.45, 7) is 4.28. The highest BCUT2D eigenvalue weighted by molar-refractivity contribution is 7.88. The fourth-order valence-electron chi connectivity index (χ4n) is 2.39. The third-order valence-corrected chi connectivity index (χ3v) is 5.45. The molecule has 0 saturated carbocycles. The van der Waals surface area contributed by atoms with Gasteiger partial charge in [0.2, 0.25) is 10.0 Å². The molecule has 2 aromatic rings. The van der Waals surface area contributed by atoms with Crippen molar-refractivity contribution in [3.8, 4) is 0 Å². The first-order valence-electron chi connectivity index (χ1n) is 8.44. The molecular weight excluding hydrogens is 352 g/mol. The van der Waals surface area contributed by atoms with Crippen LogP contribution >= 0.6 is 0 Å². The fraction of sp³-hybridized carbons (Fsp3) is 0.316. The second kappa shape index (κ2) is 8.82. The van der Waals surface area contributed by atoms with Gasteiger partial charge in [-0.3, -0.25) is 0 Å². The number of hydrogen-bond acceptors (Lipinski definition) is 4. The van der Waals surface area contributed by atoms with Crippen molar-refractivity contribution in [2.75, 3.05) is 5.32 Å². The standard InChI is InChI=1S/C19H24N2O4S/c1-3-14(2)21-26(24,25)13-16-5-4-6-18(11-16)20-12-15-7-9-17(10-8-15)19(22)23/h4-11,14,20-21H,3,12-13H2,1-2H3,(H,22,23). The van der Waals surface area contributed by atoms with Crippen molar-refractivity contribution in [2.24, 2.45) is 0 Å². The topological polar surface area (TPSA) is 95.5 Å². The summed E-state index contributed by atoms with van der Waals surface area (Å²) in [5, 5.41) is 12.1. The minimum atomic E-state index is -3.38. The zero-order chi connectivity index (χ0) is 19.2. The third-order valence-electron chi connectivity index (χ3n) is 3.97. The van der Waals surface area contributed by atoms with E-state index in [1.807, 2.05) is 32.0 Å². The van der Waals surface area contributed by atoms with Gasteiger partial charge >= 0.3 is 5.97 Å². The van der Waals surface area contributed by atoms with Crippen LogP contribution in [0.2, 0.25) is 0 Å². The van der Waals surface area contributed by atoms with E-state index in [0.717, 1.165) is 17.7 Å². The van der Waals surface area contributed by atoms with E-state index in [1.165, 1.54) is 0 Å². The number of rotatable bonds is 9. The summed E-state index contributed by atoms with van der Waals surface area (Å²) in [7, 11) is -3.38. The van der Waals surface area contributed by atoms with E-state index < -0.39 is 16.0 Å². The Morgan fingerprint density at radius 1 is 1.12 bits per heavy atom. The van der Waals surface area contributed by atoms with Gasteiger partial charge in [0.15, 0.2) is 0 Å². The normalized spacial score (nSPS) is 12.5. The van der Waals surface area contributed by atoms with Crippen LogP contribution in [-0.2, 0) is 22.3 Å². The van der Waals surface area contributed by atoms with E-state index in [2.05, 4.69) is 10.0 Å². The number of carbonyl (C=O) groups is 1. The van der Waals surface area contributed by atoms with E-state index in [4.69, 9.17) is 5.11 Å². The number of anilines is 1. The average Bonchev–Trinajstić information content (AvgIpc) is 2.59. The molecule has 0 aliphatic carbocycles. The first-order chi connectivity index (χ1) is 12.3. The highest BCUT2D eigenvalue weighted by Crippen LogP contribution is 2.15. The first-order valence-corrected chi connectivity index (χ1v) is 10.1. The van der Waals surface area contributed by atoms with Crippen molar-refractivity contribution in [1.82, 2.24) is 4.72 Å². The fourth-order valence-corrected chi connectivity index (χ4v) is 3.87. The quantitative estimate of drug-likeness (QED) is 0.624. The van der Waals surface area contributed by atoms with Gasteiger partial charge in [0.05, 0.1) is 11.3 Å². The van der Waals surface area contributed by atoms with Crippen LogP contribution in [0.4, 0.5) is 5.69 Å². The van der Waals surface area contributed by atoms with E-state index in [1.54, 1.807) is 30.3 Å². The number of carboxylic acids is 1. The lowest BCUT2D eigenvalue weighted by atomic mass is 10.1. The summed E-state index contributed by atoms with van der Waals surface area (Å²) in [6, 6.07) is 13.8. The summed E-state index contributed by atoms with van der Waals surface area (Å²) >= 11 is 0. The Labute approximate surface area is 154 Å². The minimum absolute atomic E-state index is 0.0693. The Hall–Kier alpha value is -2.38. The largest absolute Gasteiger partial charge is 0.478 e. The van der Waals surface area contributed by atoms with Gasteiger partial charge < -0.3 is 10.4 Å². The average molecular weight is 376 g/mol. The Kier molecular flexibility index (Phi) is 6.76. The third kappa shape index (κ3) is 6.16. The number of nitrogens with one attached hydrogen (secondary N) is 2. The Balaban J connectivity index is 1.99. The predicted molar refractivity (Wildman–Crippen MR) is 103 cm³/mol. The molecule has 6 nitrogen and oxygen atoms in total. The van der Waals surface area contributed by atoms with Crippen molar-refractivity contribution in [3.05, 3.63) is 65.2 Å². The summed E-state index contributed by atoms with van der Waals surface area (Å²) in [5.74, 6) is -1.02. The summed E-state index contributed by atoms with van der Waals surface area (Å²) in [5.41, 5.74) is 2.69. The molecule has 0 aromatic heterocycles. The van der Waals surface area contributed by atoms with Gasteiger partial charge in [-0.2, -0.15) is 0 Å². The van der Waals surface area contributed by atoms with Crippen LogP contribution in [0.1, 0.15) is 41.8 Å². The molecule has 7 heteroatoms. The second-order valence-corrected chi connectivity index (χ2v) is 8.00. The molecule has 2 aromatic carbocycles. The molecule has 0 aliphatic rings. The van der Waals surface area contributed by atoms with E-state index in [9.17, 15) is 13.2 Å². The van der Waals surface area contributed by atoms with Crippen LogP contribution in [0.5, 0.6) is 0 Å². The number of hydrogen-bond donors (Lipinski definition) is 3. The predicted octanol–water partition coefficient (Wildman–Crippen LogP) is 3.21. The number of aromatic carboxylic acids is 1. The lowest BCUT2D eigenvalue weighted by Crippen LogP contribution is -2.32. The van der Waals surface area contributed by atoms with Crippen LogP contribution < -0.4 is 10.0 Å². The van der Waals surface area contributed by atoms with Crippen molar-refractivity contribution < 1.29 is 18.3 Å². The van der Waals surface area contributed by atoms with Gasteiger partial charge in [-0.25, -0.2) is 17.9 Å². The van der Waals surface area contributed by atoms with Gasteiger partial charge in [-0.15, -0.1) is 0 Å². The monoisotopic (exact) mass is 376 g/mol. The number of carboxylic acid groups (broad SMARTS) is 1. The van der Waals surface area contributed by atoms with Gasteiger partial charge in [0.25, 0.3) is 0 Å². The molecule has 0 radical (unpaired) electrons. The van der Waals surface area contributed by atoms with Crippen molar-refractivity contribution >= 4 is 21.7 Å². The molecular formula is C19H24N2O4S. The van der Waals surface area contributed by atoms with Crippen molar-refractivity contribution in [2.45, 2.75) is 38.6 Å². The van der Waals surface area contributed by atoms with Crippen LogP contribution in [-0.4, -0.2) is 25.5 Å². The van der Waals surface area contributed by atoms with Crippen LogP contribution in [0.15, 0.2) is 48.5 Å². The summed E-state index contributed by atoms with van der Waals surface area (Å²) < 4.78 is 27.0. The lowest BCUT2D eigenvalue weighted by molar-refractivity contribution is 0.0697. The highest BCUT2D eigenvalue weighted by Gasteiger charge is 2.14. The maximum Gasteiger partial charge on any atom is 0.335 e. The van der Waals surface area contributed by atoms with Crippen LogP contribution in [0.3, 0.4) is 0 Å². The van der Waals surface area contributed by atoms with Gasteiger partial charge in [-0.05, 0) is 48.7 Å². The summed E-state index contributed by atoms with van der Waals surface area (Å²) in [6.07, 6.45) is 0.738. The maximum absolute atomic E-state index is 12.2. The molecule has 0 amide bonds.